The van der Waals surface area contributed by atoms with Crippen LogP contribution in [-0.2, 0) is 9.59 Å². The van der Waals surface area contributed by atoms with E-state index in [0.29, 0.717) is 12.5 Å². The molecular formula is C9H15NO5. The summed E-state index contributed by atoms with van der Waals surface area (Å²) in [5.41, 5.74) is -1.10. The van der Waals surface area contributed by atoms with E-state index in [0.717, 1.165) is 6.08 Å². The Morgan fingerprint density at radius 3 is 2.13 bits per heavy atom. The van der Waals surface area contributed by atoms with Crippen LogP contribution in [0.1, 0.15) is 13.3 Å². The van der Waals surface area contributed by atoms with Gasteiger partial charge in [0.25, 0.3) is 0 Å². The van der Waals surface area contributed by atoms with Gasteiger partial charge in [-0.05, 0) is 6.42 Å². The highest BCUT2D eigenvalue weighted by Crippen LogP contribution is 2.07. The van der Waals surface area contributed by atoms with Crippen LogP contribution in [0.25, 0.3) is 0 Å². The van der Waals surface area contributed by atoms with Gasteiger partial charge < -0.3 is 20.6 Å². The minimum absolute atomic E-state index is 0.340. The van der Waals surface area contributed by atoms with E-state index in [1.165, 1.54) is 0 Å². The SMILES string of the molecule is CCC(CO)(CO)NC(=O)/C=C\C(=O)O. The molecule has 0 spiro atoms. The normalized spacial score (nSPS) is 11.7. The van der Waals surface area contributed by atoms with E-state index >= 15 is 0 Å². The van der Waals surface area contributed by atoms with Gasteiger partial charge in [0, 0.05) is 12.2 Å². The first kappa shape index (κ1) is 13.6. The summed E-state index contributed by atoms with van der Waals surface area (Å²) in [4.78, 5) is 21.3. The first-order chi connectivity index (χ1) is 6.99. The number of nitrogens with one attached hydrogen (secondary N) is 1. The summed E-state index contributed by atoms with van der Waals surface area (Å²) in [5.74, 6) is -1.90. The first-order valence-corrected chi connectivity index (χ1v) is 4.44. The summed E-state index contributed by atoms with van der Waals surface area (Å²) >= 11 is 0. The number of amides is 1. The second-order valence-corrected chi connectivity index (χ2v) is 3.11. The lowest BCUT2D eigenvalue weighted by molar-refractivity contribution is -0.131. The van der Waals surface area contributed by atoms with Gasteiger partial charge in [-0.2, -0.15) is 0 Å². The van der Waals surface area contributed by atoms with Crippen molar-refractivity contribution in [2.45, 2.75) is 18.9 Å². The minimum atomic E-state index is -1.24. The third kappa shape index (κ3) is 4.57. The van der Waals surface area contributed by atoms with Crippen LogP contribution in [0.4, 0.5) is 0 Å². The van der Waals surface area contributed by atoms with Gasteiger partial charge in [-0.3, -0.25) is 4.79 Å². The molecule has 0 unspecified atom stereocenters. The number of aliphatic hydroxyl groups is 2. The lowest BCUT2D eigenvalue weighted by atomic mass is 9.98. The van der Waals surface area contributed by atoms with Crippen molar-refractivity contribution < 1.29 is 24.9 Å². The quantitative estimate of drug-likeness (QED) is 0.421. The molecule has 0 heterocycles. The van der Waals surface area contributed by atoms with E-state index < -0.39 is 30.6 Å². The van der Waals surface area contributed by atoms with Crippen LogP contribution in [0.2, 0.25) is 0 Å². The van der Waals surface area contributed by atoms with Crippen LogP contribution in [-0.4, -0.2) is 45.9 Å². The molecule has 0 aliphatic heterocycles. The van der Waals surface area contributed by atoms with Crippen molar-refractivity contribution in [2.24, 2.45) is 0 Å². The molecule has 86 valence electrons. The molecule has 0 aliphatic rings. The van der Waals surface area contributed by atoms with Gasteiger partial charge >= 0.3 is 5.97 Å². The fourth-order valence-electron chi connectivity index (χ4n) is 0.891. The number of aliphatic hydroxyl groups excluding tert-OH is 2. The van der Waals surface area contributed by atoms with Crippen molar-refractivity contribution in [3.05, 3.63) is 12.2 Å². The molecule has 0 rings (SSSR count). The predicted molar refractivity (Wildman–Crippen MR) is 52.1 cm³/mol. The molecule has 0 radical (unpaired) electrons. The van der Waals surface area contributed by atoms with E-state index in [9.17, 15) is 9.59 Å². The first-order valence-electron chi connectivity index (χ1n) is 4.44. The van der Waals surface area contributed by atoms with Crippen LogP contribution in [0.3, 0.4) is 0 Å². The molecule has 15 heavy (non-hydrogen) atoms. The topological polar surface area (TPSA) is 107 Å². The maximum Gasteiger partial charge on any atom is 0.328 e. The lowest BCUT2D eigenvalue weighted by Crippen LogP contribution is -2.53. The largest absolute Gasteiger partial charge is 0.478 e. The molecule has 4 N–H and O–H groups in total. The molecule has 0 saturated carbocycles. The van der Waals surface area contributed by atoms with Crippen molar-refractivity contribution in [3.8, 4) is 0 Å². The van der Waals surface area contributed by atoms with Crippen LogP contribution in [0, 0.1) is 0 Å². The van der Waals surface area contributed by atoms with Gasteiger partial charge in [0.05, 0.1) is 18.8 Å². The van der Waals surface area contributed by atoms with Gasteiger partial charge in [-0.15, -0.1) is 0 Å². The van der Waals surface area contributed by atoms with Crippen molar-refractivity contribution in [1.29, 1.82) is 0 Å². The Kier molecular flexibility index (Phi) is 5.58. The van der Waals surface area contributed by atoms with Crippen LogP contribution < -0.4 is 5.32 Å². The number of hydrogen-bond donors (Lipinski definition) is 4. The molecule has 0 bridgehead atoms. The van der Waals surface area contributed by atoms with Crippen LogP contribution >= 0.6 is 0 Å². The lowest BCUT2D eigenvalue weighted by Gasteiger charge is -2.28. The Balaban J connectivity index is 4.42. The van der Waals surface area contributed by atoms with Gasteiger partial charge in [-0.1, -0.05) is 6.92 Å². The molecule has 0 aromatic heterocycles. The molecule has 0 aliphatic carbocycles. The molecule has 6 heteroatoms. The number of carboxylic acid groups (broad SMARTS) is 1. The van der Waals surface area contributed by atoms with Gasteiger partial charge in [0.15, 0.2) is 0 Å². The van der Waals surface area contributed by atoms with Crippen molar-refractivity contribution >= 4 is 11.9 Å². The maximum absolute atomic E-state index is 11.2. The van der Waals surface area contributed by atoms with Crippen LogP contribution in [0.15, 0.2) is 12.2 Å². The summed E-state index contributed by atoms with van der Waals surface area (Å²) in [6.45, 7) is 0.868. The third-order valence-electron chi connectivity index (χ3n) is 2.05. The molecule has 0 aromatic carbocycles. The highest BCUT2D eigenvalue weighted by atomic mass is 16.4. The number of carboxylic acids is 1. The van der Waals surface area contributed by atoms with Gasteiger partial charge in [-0.25, -0.2) is 4.79 Å². The van der Waals surface area contributed by atoms with Crippen molar-refractivity contribution in [1.82, 2.24) is 5.32 Å². The Morgan fingerprint density at radius 1 is 1.27 bits per heavy atom. The Hall–Kier alpha value is -1.40. The number of rotatable bonds is 6. The van der Waals surface area contributed by atoms with E-state index in [2.05, 4.69) is 5.32 Å². The van der Waals surface area contributed by atoms with Gasteiger partial charge in [0.1, 0.15) is 0 Å². The molecule has 0 saturated heterocycles. The minimum Gasteiger partial charge on any atom is -0.478 e. The van der Waals surface area contributed by atoms with Crippen LogP contribution in [0.5, 0.6) is 0 Å². The monoisotopic (exact) mass is 217 g/mol. The van der Waals surface area contributed by atoms with Crippen molar-refractivity contribution in [3.63, 3.8) is 0 Å². The molecule has 0 fully saturated rings. The zero-order valence-corrected chi connectivity index (χ0v) is 8.43. The zero-order valence-electron chi connectivity index (χ0n) is 8.43. The number of carbonyl (C=O) groups is 2. The van der Waals surface area contributed by atoms with Crippen molar-refractivity contribution in [2.75, 3.05) is 13.2 Å². The standard InChI is InChI=1S/C9H15NO5/c1-2-9(5-11,6-12)10-7(13)3-4-8(14)15/h3-4,11-12H,2,5-6H2,1H3,(H,10,13)(H,14,15)/b4-3-. The fraction of sp³-hybridized carbons (Fsp3) is 0.556. The molecular weight excluding hydrogens is 202 g/mol. The zero-order chi connectivity index (χ0) is 11.9. The van der Waals surface area contributed by atoms with E-state index in [-0.39, 0.29) is 0 Å². The maximum atomic E-state index is 11.2. The summed E-state index contributed by atoms with van der Waals surface area (Å²) in [6, 6.07) is 0. The average Bonchev–Trinajstić information content (AvgIpc) is 2.23. The Bertz CT molecular complexity index is 249. The molecule has 0 atom stereocenters. The second-order valence-electron chi connectivity index (χ2n) is 3.11. The number of carbonyl (C=O) groups excluding carboxylic acids is 1. The third-order valence-corrected chi connectivity index (χ3v) is 2.05. The highest BCUT2D eigenvalue weighted by molar-refractivity contribution is 5.94. The molecule has 0 aromatic rings. The molecule has 1 amide bonds. The predicted octanol–water partition coefficient (Wildman–Crippen LogP) is -1.12. The average molecular weight is 217 g/mol. The number of hydrogen-bond acceptors (Lipinski definition) is 4. The summed E-state index contributed by atoms with van der Waals surface area (Å²) < 4.78 is 0. The Morgan fingerprint density at radius 2 is 1.80 bits per heavy atom. The fourth-order valence-corrected chi connectivity index (χ4v) is 0.891. The summed E-state index contributed by atoms with van der Waals surface area (Å²) in [5, 5.41) is 28.6. The second kappa shape index (κ2) is 6.15. The molecule has 6 nitrogen and oxygen atoms in total. The summed E-state index contributed by atoms with van der Waals surface area (Å²) in [7, 11) is 0. The Labute approximate surface area is 87.2 Å². The van der Waals surface area contributed by atoms with E-state index in [1.54, 1.807) is 6.92 Å². The van der Waals surface area contributed by atoms with E-state index in [4.69, 9.17) is 15.3 Å². The number of aliphatic carboxylic acids is 1. The summed E-state index contributed by atoms with van der Waals surface area (Å²) in [6.07, 6.45) is 1.86. The highest BCUT2D eigenvalue weighted by Gasteiger charge is 2.27. The smallest absolute Gasteiger partial charge is 0.328 e. The van der Waals surface area contributed by atoms with Gasteiger partial charge in [0.2, 0.25) is 5.91 Å². The van der Waals surface area contributed by atoms with E-state index in [1.807, 2.05) is 0 Å².